The molecule has 0 aromatic heterocycles. The van der Waals surface area contributed by atoms with E-state index in [1.54, 1.807) is 0 Å². The number of hydrogen-bond donors (Lipinski definition) is 1. The van der Waals surface area contributed by atoms with Crippen molar-refractivity contribution in [1.82, 2.24) is 0 Å². The van der Waals surface area contributed by atoms with E-state index in [9.17, 15) is 30.7 Å². The summed E-state index contributed by atoms with van der Waals surface area (Å²) in [5.41, 5.74) is 5.30. The van der Waals surface area contributed by atoms with Crippen LogP contribution in [-0.4, -0.2) is 18.0 Å². The van der Waals surface area contributed by atoms with Crippen molar-refractivity contribution in [3.8, 4) is 0 Å². The fraction of sp³-hybridized carbons (Fsp3) is 0.455. The van der Waals surface area contributed by atoms with Crippen molar-refractivity contribution in [1.29, 1.82) is 0 Å². The summed E-state index contributed by atoms with van der Waals surface area (Å²) >= 11 is 0. The van der Waals surface area contributed by atoms with Gasteiger partial charge in [-0.15, -0.1) is 0 Å². The summed E-state index contributed by atoms with van der Waals surface area (Å²) in [7, 11) is 0. The van der Waals surface area contributed by atoms with E-state index in [2.05, 4.69) is 0 Å². The van der Waals surface area contributed by atoms with Crippen molar-refractivity contribution >= 4 is 0 Å². The Morgan fingerprint density at radius 3 is 1.79 bits per heavy atom. The van der Waals surface area contributed by atoms with Gasteiger partial charge < -0.3 is 5.73 Å². The number of benzene rings is 1. The van der Waals surface area contributed by atoms with Crippen molar-refractivity contribution in [2.45, 2.75) is 30.5 Å². The molecule has 0 amide bonds. The Hall–Kier alpha value is -1.31. The number of alkyl halides is 7. The highest BCUT2D eigenvalue weighted by atomic mass is 19.4. The van der Waals surface area contributed by atoms with Crippen LogP contribution in [0.5, 0.6) is 0 Å². The summed E-state index contributed by atoms with van der Waals surface area (Å²) in [5, 5.41) is 0. The fourth-order valence-corrected chi connectivity index (χ4v) is 1.43. The summed E-state index contributed by atoms with van der Waals surface area (Å²) in [5.74, 6) is -11.4. The van der Waals surface area contributed by atoms with Gasteiger partial charge in [0.05, 0.1) is 0 Å². The first-order valence-corrected chi connectivity index (χ1v) is 5.12. The largest absolute Gasteiger partial charge is 0.459 e. The van der Waals surface area contributed by atoms with Gasteiger partial charge in [-0.2, -0.15) is 30.7 Å². The van der Waals surface area contributed by atoms with E-state index in [0.717, 1.165) is 0 Å². The topological polar surface area (TPSA) is 26.0 Å². The van der Waals surface area contributed by atoms with Gasteiger partial charge in [-0.1, -0.05) is 30.3 Å². The van der Waals surface area contributed by atoms with Gasteiger partial charge in [0, 0.05) is 12.5 Å². The molecule has 0 aliphatic rings. The first kappa shape index (κ1) is 15.7. The van der Waals surface area contributed by atoms with Gasteiger partial charge in [0.1, 0.15) is 0 Å². The van der Waals surface area contributed by atoms with Crippen molar-refractivity contribution < 1.29 is 30.7 Å². The molecule has 0 saturated heterocycles. The third-order valence-corrected chi connectivity index (χ3v) is 2.52. The Morgan fingerprint density at radius 2 is 1.37 bits per heavy atom. The van der Waals surface area contributed by atoms with E-state index in [4.69, 9.17) is 5.73 Å². The molecule has 2 N–H and O–H groups in total. The highest BCUT2D eigenvalue weighted by Crippen LogP contribution is 2.49. The van der Waals surface area contributed by atoms with Crippen LogP contribution >= 0.6 is 0 Å². The molecular weight excluding hydrogens is 279 g/mol. The van der Waals surface area contributed by atoms with Crippen LogP contribution in [0.25, 0.3) is 0 Å². The molecule has 0 aliphatic carbocycles. The minimum absolute atomic E-state index is 0.0557. The lowest BCUT2D eigenvalue weighted by molar-refractivity contribution is -0.356. The van der Waals surface area contributed by atoms with E-state index in [-0.39, 0.29) is 5.56 Å². The minimum Gasteiger partial charge on any atom is -0.324 e. The highest BCUT2D eigenvalue weighted by Gasteiger charge is 2.72. The highest BCUT2D eigenvalue weighted by molar-refractivity contribution is 5.19. The Morgan fingerprint density at radius 1 is 0.895 bits per heavy atom. The first-order valence-electron chi connectivity index (χ1n) is 5.12. The molecule has 0 fully saturated rings. The SMILES string of the molecule is NC(CC(F)(F)C(F)(F)C(F)(F)F)c1ccccc1. The molecule has 0 radical (unpaired) electrons. The Bertz CT molecular complexity index is 413. The molecule has 19 heavy (non-hydrogen) atoms. The molecule has 1 aromatic rings. The molecule has 0 heterocycles. The second-order valence-corrected chi connectivity index (χ2v) is 4.00. The molecule has 1 rings (SSSR count). The molecule has 0 aliphatic heterocycles. The maximum absolute atomic E-state index is 13.1. The van der Waals surface area contributed by atoms with Crippen LogP contribution in [0, 0.1) is 0 Å². The van der Waals surface area contributed by atoms with Gasteiger partial charge in [0.25, 0.3) is 0 Å². The second kappa shape index (κ2) is 4.99. The number of nitrogens with two attached hydrogens (primary N) is 1. The lowest BCUT2D eigenvalue weighted by Gasteiger charge is -2.30. The first-order chi connectivity index (χ1) is 8.49. The van der Waals surface area contributed by atoms with Crippen molar-refractivity contribution in [2.24, 2.45) is 5.73 Å². The molecule has 0 bridgehead atoms. The predicted molar refractivity (Wildman–Crippen MR) is 53.9 cm³/mol. The summed E-state index contributed by atoms with van der Waals surface area (Å²) in [6.07, 6.45) is -8.13. The summed E-state index contributed by atoms with van der Waals surface area (Å²) in [4.78, 5) is 0. The van der Waals surface area contributed by atoms with Gasteiger partial charge in [-0.3, -0.25) is 0 Å². The zero-order valence-corrected chi connectivity index (χ0v) is 9.39. The van der Waals surface area contributed by atoms with Crippen LogP contribution in [0.4, 0.5) is 30.7 Å². The Kier molecular flexibility index (Phi) is 4.14. The van der Waals surface area contributed by atoms with Crippen molar-refractivity contribution in [3.63, 3.8) is 0 Å². The zero-order valence-electron chi connectivity index (χ0n) is 9.39. The minimum atomic E-state index is -6.33. The van der Waals surface area contributed by atoms with Crippen molar-refractivity contribution in [3.05, 3.63) is 35.9 Å². The van der Waals surface area contributed by atoms with Crippen LogP contribution in [-0.2, 0) is 0 Å². The van der Waals surface area contributed by atoms with Crippen LogP contribution in [0.1, 0.15) is 18.0 Å². The van der Waals surface area contributed by atoms with E-state index in [0.29, 0.717) is 0 Å². The lowest BCUT2D eigenvalue weighted by Crippen LogP contribution is -2.52. The van der Waals surface area contributed by atoms with Gasteiger partial charge in [-0.25, -0.2) is 0 Å². The number of rotatable bonds is 4. The lowest BCUT2D eigenvalue weighted by atomic mass is 9.97. The third-order valence-electron chi connectivity index (χ3n) is 2.52. The Balaban J connectivity index is 2.91. The number of hydrogen-bond acceptors (Lipinski definition) is 1. The van der Waals surface area contributed by atoms with E-state index in [1.165, 1.54) is 30.3 Å². The number of halogens is 7. The normalized spacial score (nSPS) is 15.4. The molecule has 1 atom stereocenters. The maximum atomic E-state index is 13.1. The van der Waals surface area contributed by atoms with E-state index < -0.39 is 30.5 Å². The molecule has 0 saturated carbocycles. The predicted octanol–water partition coefficient (Wildman–Crippen LogP) is 3.91. The molecule has 1 nitrogen and oxygen atoms in total. The average Bonchev–Trinajstić information content (AvgIpc) is 2.28. The molecule has 8 heteroatoms. The molecule has 1 aromatic carbocycles. The standard InChI is InChI=1S/C11H10F7N/c12-9(13,10(14,15)11(16,17)18)6-8(19)7-4-2-1-3-5-7/h1-5,8H,6,19H2. The van der Waals surface area contributed by atoms with Gasteiger partial charge in [0.15, 0.2) is 0 Å². The monoisotopic (exact) mass is 289 g/mol. The smallest absolute Gasteiger partial charge is 0.324 e. The van der Waals surface area contributed by atoms with Crippen LogP contribution < -0.4 is 5.73 Å². The molecule has 108 valence electrons. The van der Waals surface area contributed by atoms with Crippen molar-refractivity contribution in [2.75, 3.05) is 0 Å². The molecule has 0 spiro atoms. The van der Waals surface area contributed by atoms with Crippen LogP contribution in [0.3, 0.4) is 0 Å². The zero-order chi connectivity index (χ0) is 14.9. The molecular formula is C11H10F7N. The summed E-state index contributed by atoms with van der Waals surface area (Å²) in [6.45, 7) is 0. The maximum Gasteiger partial charge on any atom is 0.459 e. The van der Waals surface area contributed by atoms with Gasteiger partial charge in [0.2, 0.25) is 0 Å². The molecule has 1 unspecified atom stereocenters. The summed E-state index contributed by atoms with van der Waals surface area (Å²) in [6, 6.07) is 5.27. The van der Waals surface area contributed by atoms with Crippen LogP contribution in [0.15, 0.2) is 30.3 Å². The summed E-state index contributed by atoms with van der Waals surface area (Å²) < 4.78 is 87.2. The van der Waals surface area contributed by atoms with E-state index in [1.807, 2.05) is 0 Å². The fourth-order valence-electron chi connectivity index (χ4n) is 1.43. The Labute approximate surface area is 104 Å². The van der Waals surface area contributed by atoms with Gasteiger partial charge >= 0.3 is 18.0 Å². The van der Waals surface area contributed by atoms with Gasteiger partial charge in [-0.05, 0) is 5.56 Å². The average molecular weight is 289 g/mol. The quantitative estimate of drug-likeness (QED) is 0.836. The second-order valence-electron chi connectivity index (χ2n) is 4.00. The van der Waals surface area contributed by atoms with Crippen LogP contribution in [0.2, 0.25) is 0 Å². The van der Waals surface area contributed by atoms with E-state index >= 15 is 0 Å². The third kappa shape index (κ3) is 3.17.